The summed E-state index contributed by atoms with van der Waals surface area (Å²) in [5.74, 6) is 1.95. The summed E-state index contributed by atoms with van der Waals surface area (Å²) in [7, 11) is -1.80. The van der Waals surface area contributed by atoms with E-state index in [1.165, 1.54) is 31.8 Å². The van der Waals surface area contributed by atoms with Gasteiger partial charge in [-0.05, 0) is 35.8 Å². The molecule has 1 aromatic heterocycles. The van der Waals surface area contributed by atoms with Crippen LogP contribution in [0.2, 0.25) is 0 Å². The second-order valence-corrected chi connectivity index (χ2v) is 7.89. The molecule has 9 nitrogen and oxygen atoms in total. The van der Waals surface area contributed by atoms with Gasteiger partial charge in [-0.1, -0.05) is 0 Å². The number of phosphoric acid groups is 1. The van der Waals surface area contributed by atoms with Crippen LogP contribution in [-0.2, 0) is 4.57 Å². The number of hydrogen-bond donors (Lipinski definition) is 2. The lowest BCUT2D eigenvalue weighted by Crippen LogP contribution is -1.94. The van der Waals surface area contributed by atoms with Gasteiger partial charge in [-0.3, -0.25) is 9.79 Å². The standard InChI is InChI=1S/C18H16NO8PS/c1-23-11-3-4-12(14(7-11)27-28(20,21)22)13-8-19-29-18(13)10-5-15(24-2)17-16(6-10)25-9-26-17/h3-8H,9H2,1-2H3,(H2,20,21,22). The Morgan fingerprint density at radius 1 is 1.07 bits per heavy atom. The fraction of sp³-hybridized carbons (Fsp3) is 0.167. The Kier molecular flexibility index (Phi) is 5.10. The van der Waals surface area contributed by atoms with E-state index in [0.717, 1.165) is 10.4 Å². The highest BCUT2D eigenvalue weighted by molar-refractivity contribution is 7.46. The smallest absolute Gasteiger partial charge is 0.497 e. The van der Waals surface area contributed by atoms with Gasteiger partial charge in [-0.15, -0.1) is 0 Å². The third-order valence-electron chi connectivity index (χ3n) is 4.19. The van der Waals surface area contributed by atoms with Crippen molar-refractivity contribution in [3.8, 4) is 50.3 Å². The molecule has 1 aliphatic rings. The van der Waals surface area contributed by atoms with Crippen LogP contribution < -0.4 is 23.5 Å². The van der Waals surface area contributed by atoms with Crippen molar-refractivity contribution >= 4 is 19.4 Å². The lowest BCUT2D eigenvalue weighted by atomic mass is 10.0. The van der Waals surface area contributed by atoms with Gasteiger partial charge in [-0.25, -0.2) is 4.57 Å². The summed E-state index contributed by atoms with van der Waals surface area (Å²) in [6.07, 6.45) is 1.60. The molecule has 0 aliphatic carbocycles. The number of methoxy groups -OCH3 is 2. The minimum atomic E-state index is -4.79. The van der Waals surface area contributed by atoms with Crippen LogP contribution in [0.25, 0.3) is 21.6 Å². The maximum Gasteiger partial charge on any atom is 0.524 e. The first kappa shape index (κ1) is 19.5. The van der Waals surface area contributed by atoms with Crippen LogP contribution in [0, 0.1) is 0 Å². The minimum Gasteiger partial charge on any atom is -0.497 e. The normalized spacial score (nSPS) is 12.7. The molecule has 0 atom stereocenters. The van der Waals surface area contributed by atoms with Gasteiger partial charge in [0.25, 0.3) is 0 Å². The van der Waals surface area contributed by atoms with Gasteiger partial charge in [0.15, 0.2) is 11.5 Å². The highest BCUT2D eigenvalue weighted by Gasteiger charge is 2.25. The summed E-state index contributed by atoms with van der Waals surface area (Å²) in [6, 6.07) is 8.33. The zero-order valence-electron chi connectivity index (χ0n) is 15.3. The van der Waals surface area contributed by atoms with E-state index in [4.69, 9.17) is 23.5 Å². The molecule has 0 fully saturated rings. The second kappa shape index (κ2) is 7.57. The molecule has 1 aliphatic heterocycles. The molecule has 0 radical (unpaired) electrons. The zero-order chi connectivity index (χ0) is 20.6. The first-order valence-corrected chi connectivity index (χ1v) is 10.6. The number of aromatic nitrogens is 1. The van der Waals surface area contributed by atoms with Crippen molar-refractivity contribution in [3.05, 3.63) is 36.5 Å². The van der Waals surface area contributed by atoms with E-state index in [-0.39, 0.29) is 12.5 Å². The Morgan fingerprint density at radius 2 is 1.90 bits per heavy atom. The molecule has 0 amide bonds. The lowest BCUT2D eigenvalue weighted by Gasteiger charge is -2.14. The third-order valence-corrected chi connectivity index (χ3v) is 5.47. The Morgan fingerprint density at radius 3 is 2.62 bits per heavy atom. The van der Waals surface area contributed by atoms with Crippen molar-refractivity contribution < 1.29 is 37.8 Å². The van der Waals surface area contributed by atoms with Gasteiger partial charge in [0.05, 0.1) is 19.1 Å². The van der Waals surface area contributed by atoms with Crippen molar-refractivity contribution in [1.29, 1.82) is 0 Å². The largest absolute Gasteiger partial charge is 0.524 e. The Hall–Kier alpha value is -2.78. The second-order valence-electron chi connectivity index (χ2n) is 5.92. The topological polar surface area (TPSA) is 117 Å². The Bertz CT molecular complexity index is 1110. The highest BCUT2D eigenvalue weighted by atomic mass is 32.1. The molecule has 2 aromatic carbocycles. The molecule has 0 saturated heterocycles. The molecule has 0 saturated carbocycles. The number of benzene rings is 2. The molecule has 152 valence electrons. The number of nitrogens with zero attached hydrogens (tertiary/aromatic N) is 1. The fourth-order valence-corrected chi connectivity index (χ4v) is 4.11. The predicted octanol–water partition coefficient (Wildman–Crippen LogP) is 3.69. The fourth-order valence-electron chi connectivity index (χ4n) is 2.96. The summed E-state index contributed by atoms with van der Waals surface area (Å²) in [4.78, 5) is 19.3. The maximum atomic E-state index is 11.5. The number of phosphoric ester groups is 1. The molecular formula is C18H16NO8PS. The van der Waals surface area contributed by atoms with E-state index in [0.29, 0.717) is 34.1 Å². The molecule has 4 rings (SSSR count). The van der Waals surface area contributed by atoms with Crippen LogP contribution in [0.4, 0.5) is 0 Å². The maximum absolute atomic E-state index is 11.5. The van der Waals surface area contributed by atoms with Crippen molar-refractivity contribution in [1.82, 2.24) is 4.37 Å². The van der Waals surface area contributed by atoms with E-state index in [2.05, 4.69) is 4.37 Å². The van der Waals surface area contributed by atoms with Crippen LogP contribution in [-0.4, -0.2) is 35.2 Å². The summed E-state index contributed by atoms with van der Waals surface area (Å²) in [5, 5.41) is 0. The average Bonchev–Trinajstić information content (AvgIpc) is 3.35. The number of ether oxygens (including phenoxy) is 4. The molecule has 0 unspecified atom stereocenters. The van der Waals surface area contributed by atoms with E-state index < -0.39 is 7.82 Å². The van der Waals surface area contributed by atoms with Gasteiger partial charge >= 0.3 is 7.82 Å². The predicted molar refractivity (Wildman–Crippen MR) is 105 cm³/mol. The van der Waals surface area contributed by atoms with Crippen LogP contribution in [0.5, 0.6) is 28.7 Å². The molecule has 0 spiro atoms. The van der Waals surface area contributed by atoms with Crippen molar-refractivity contribution in [2.45, 2.75) is 0 Å². The van der Waals surface area contributed by atoms with Gasteiger partial charge in [-0.2, -0.15) is 4.37 Å². The van der Waals surface area contributed by atoms with Crippen LogP contribution in [0.15, 0.2) is 36.5 Å². The van der Waals surface area contributed by atoms with Gasteiger partial charge < -0.3 is 23.5 Å². The molecule has 11 heteroatoms. The van der Waals surface area contributed by atoms with Crippen LogP contribution in [0.1, 0.15) is 0 Å². The Balaban J connectivity index is 1.85. The number of hydrogen-bond acceptors (Lipinski definition) is 8. The zero-order valence-corrected chi connectivity index (χ0v) is 17.0. The molecule has 2 N–H and O–H groups in total. The van der Waals surface area contributed by atoms with Gasteiger partial charge in [0, 0.05) is 29.0 Å². The molecular weight excluding hydrogens is 421 g/mol. The first-order chi connectivity index (χ1) is 13.9. The van der Waals surface area contributed by atoms with E-state index in [9.17, 15) is 14.4 Å². The first-order valence-electron chi connectivity index (χ1n) is 8.26. The monoisotopic (exact) mass is 437 g/mol. The molecule has 2 heterocycles. The van der Waals surface area contributed by atoms with E-state index in [1.54, 1.807) is 30.5 Å². The van der Waals surface area contributed by atoms with Crippen LogP contribution in [0.3, 0.4) is 0 Å². The average molecular weight is 437 g/mol. The van der Waals surface area contributed by atoms with Gasteiger partial charge in [0.2, 0.25) is 12.5 Å². The van der Waals surface area contributed by atoms with E-state index >= 15 is 0 Å². The molecule has 3 aromatic rings. The van der Waals surface area contributed by atoms with Crippen molar-refractivity contribution in [2.24, 2.45) is 0 Å². The Labute approximate surface area is 169 Å². The number of fused-ring (bicyclic) bond motifs is 1. The summed E-state index contributed by atoms with van der Waals surface area (Å²) < 4.78 is 42.1. The van der Waals surface area contributed by atoms with Crippen LogP contribution >= 0.6 is 19.4 Å². The quantitative estimate of drug-likeness (QED) is 0.557. The van der Waals surface area contributed by atoms with Crippen molar-refractivity contribution in [2.75, 3.05) is 21.0 Å². The lowest BCUT2D eigenvalue weighted by molar-refractivity contribution is 0.171. The summed E-state index contributed by atoms with van der Waals surface area (Å²) in [5.41, 5.74) is 1.83. The van der Waals surface area contributed by atoms with Gasteiger partial charge in [0.1, 0.15) is 11.5 Å². The minimum absolute atomic E-state index is 0.0214. The number of rotatable bonds is 6. The highest BCUT2D eigenvalue weighted by Crippen LogP contribution is 2.49. The summed E-state index contributed by atoms with van der Waals surface area (Å²) >= 11 is 1.22. The van der Waals surface area contributed by atoms with E-state index in [1.807, 2.05) is 0 Å². The molecule has 0 bridgehead atoms. The molecule has 29 heavy (non-hydrogen) atoms. The third kappa shape index (κ3) is 3.88. The SMILES string of the molecule is COc1ccc(-c2cnsc2-c2cc(OC)c3c(c2)OCO3)c(OP(=O)(O)O)c1. The van der Waals surface area contributed by atoms with Crippen molar-refractivity contribution in [3.63, 3.8) is 0 Å². The summed E-state index contributed by atoms with van der Waals surface area (Å²) in [6.45, 7) is 0.101.